The Balaban J connectivity index is 3.00. The van der Waals surface area contributed by atoms with Crippen molar-refractivity contribution in [2.24, 2.45) is 0 Å². The number of benzene rings is 1. The molecule has 0 saturated carbocycles. The highest BCUT2D eigenvalue weighted by Gasteiger charge is 2.10. The second kappa shape index (κ2) is 7.50. The maximum Gasteiger partial charge on any atom is 0.252 e. The average molecular weight is 339 g/mol. The van der Waals surface area contributed by atoms with Crippen molar-refractivity contribution >= 4 is 73.0 Å². The van der Waals surface area contributed by atoms with Gasteiger partial charge in [-0.1, -0.05) is 12.2 Å². The SMILES string of the molecule is CSC(=S)SCc1cc(C(=O)Cl)cc(C(=O)Cl)c1. The Morgan fingerprint density at radius 1 is 1.17 bits per heavy atom. The van der Waals surface area contributed by atoms with Crippen LogP contribution < -0.4 is 0 Å². The molecule has 1 rings (SSSR count). The fraction of sp³-hybridized carbons (Fsp3) is 0.182. The van der Waals surface area contributed by atoms with Gasteiger partial charge in [0, 0.05) is 16.9 Å². The van der Waals surface area contributed by atoms with Crippen LogP contribution in [0, 0.1) is 0 Å². The van der Waals surface area contributed by atoms with Gasteiger partial charge >= 0.3 is 0 Å². The summed E-state index contributed by atoms with van der Waals surface area (Å²) >= 11 is 18.8. The smallest absolute Gasteiger partial charge is 0.252 e. The predicted molar refractivity (Wildman–Crippen MR) is 84.2 cm³/mol. The minimum Gasteiger partial charge on any atom is -0.276 e. The molecule has 96 valence electrons. The van der Waals surface area contributed by atoms with Crippen LogP contribution in [0.5, 0.6) is 0 Å². The van der Waals surface area contributed by atoms with Gasteiger partial charge in [-0.15, -0.1) is 23.5 Å². The molecule has 0 aliphatic carbocycles. The Kier molecular flexibility index (Phi) is 6.66. The van der Waals surface area contributed by atoms with E-state index in [1.54, 1.807) is 12.1 Å². The Bertz CT molecular complexity index is 471. The molecule has 0 unspecified atom stereocenters. The molecule has 0 bridgehead atoms. The molecule has 0 radical (unpaired) electrons. The standard InChI is InChI=1S/C11H8Cl2O2S3/c1-17-11(16)18-5-6-2-7(9(12)14)4-8(3-6)10(13)15/h2-4H,5H2,1H3. The molecule has 0 spiro atoms. The van der Waals surface area contributed by atoms with Crippen LogP contribution in [-0.4, -0.2) is 20.3 Å². The van der Waals surface area contributed by atoms with E-state index >= 15 is 0 Å². The van der Waals surface area contributed by atoms with Crippen molar-refractivity contribution in [3.63, 3.8) is 0 Å². The molecule has 1 aromatic rings. The summed E-state index contributed by atoms with van der Waals surface area (Å²) < 4.78 is 0.788. The lowest BCUT2D eigenvalue weighted by Gasteiger charge is -2.05. The molecule has 0 fully saturated rings. The van der Waals surface area contributed by atoms with E-state index in [1.807, 2.05) is 6.26 Å². The van der Waals surface area contributed by atoms with Gasteiger partial charge in [0.2, 0.25) is 0 Å². The van der Waals surface area contributed by atoms with Crippen molar-refractivity contribution < 1.29 is 9.59 Å². The van der Waals surface area contributed by atoms with Crippen LogP contribution in [0.1, 0.15) is 26.3 Å². The molecule has 0 amide bonds. The third-order valence-corrected chi connectivity index (χ3v) is 5.16. The van der Waals surface area contributed by atoms with Crippen molar-refractivity contribution in [3.8, 4) is 0 Å². The van der Waals surface area contributed by atoms with E-state index in [0.29, 0.717) is 5.75 Å². The van der Waals surface area contributed by atoms with Crippen molar-refractivity contribution in [2.75, 3.05) is 6.26 Å². The number of hydrogen-bond acceptors (Lipinski definition) is 5. The van der Waals surface area contributed by atoms with Crippen LogP contribution in [0.25, 0.3) is 0 Å². The number of carbonyl (C=O) groups is 2. The van der Waals surface area contributed by atoms with Crippen LogP contribution in [0.15, 0.2) is 18.2 Å². The molecule has 0 atom stereocenters. The largest absolute Gasteiger partial charge is 0.276 e. The fourth-order valence-electron chi connectivity index (χ4n) is 1.20. The lowest BCUT2D eigenvalue weighted by atomic mass is 10.1. The molecule has 7 heteroatoms. The highest BCUT2D eigenvalue weighted by atomic mass is 35.5. The Hall–Kier alpha value is -0.0700. The highest BCUT2D eigenvalue weighted by molar-refractivity contribution is 8.46. The molecule has 0 aliphatic rings. The van der Waals surface area contributed by atoms with Gasteiger partial charge < -0.3 is 0 Å². The van der Waals surface area contributed by atoms with E-state index in [1.165, 1.54) is 29.6 Å². The number of carbonyl (C=O) groups excluding carboxylic acids is 2. The van der Waals surface area contributed by atoms with Crippen molar-refractivity contribution in [2.45, 2.75) is 5.75 Å². The zero-order valence-electron chi connectivity index (χ0n) is 9.24. The summed E-state index contributed by atoms with van der Waals surface area (Å²) in [6, 6.07) is 4.65. The number of thioether (sulfide) groups is 2. The lowest BCUT2D eigenvalue weighted by molar-refractivity contribution is 0.108. The summed E-state index contributed by atoms with van der Waals surface area (Å²) in [5.41, 5.74) is 1.30. The number of rotatable bonds is 4. The molecule has 0 saturated heterocycles. The van der Waals surface area contributed by atoms with Crippen molar-refractivity contribution in [3.05, 3.63) is 34.9 Å². The van der Waals surface area contributed by atoms with E-state index in [9.17, 15) is 9.59 Å². The number of halogens is 2. The van der Waals surface area contributed by atoms with Crippen LogP contribution >= 0.6 is 58.9 Å². The summed E-state index contributed by atoms with van der Waals surface area (Å²) in [6.07, 6.45) is 1.89. The van der Waals surface area contributed by atoms with Gasteiger partial charge in [0.05, 0.1) is 0 Å². The summed E-state index contributed by atoms with van der Waals surface area (Å²) in [4.78, 5) is 22.3. The molecule has 0 heterocycles. The summed E-state index contributed by atoms with van der Waals surface area (Å²) in [7, 11) is 0. The maximum atomic E-state index is 11.1. The zero-order valence-corrected chi connectivity index (χ0v) is 13.2. The second-order valence-corrected chi connectivity index (χ2v) is 6.88. The number of thiocarbonyl (C=S) groups is 1. The highest BCUT2D eigenvalue weighted by Crippen LogP contribution is 2.22. The fourth-order valence-corrected chi connectivity index (χ4v) is 2.70. The topological polar surface area (TPSA) is 34.1 Å². The molecule has 0 N–H and O–H groups in total. The quantitative estimate of drug-likeness (QED) is 0.603. The Morgan fingerprint density at radius 2 is 1.67 bits per heavy atom. The van der Waals surface area contributed by atoms with E-state index in [4.69, 9.17) is 35.4 Å². The minimum absolute atomic E-state index is 0.258. The van der Waals surface area contributed by atoms with Crippen molar-refractivity contribution in [1.29, 1.82) is 0 Å². The van der Waals surface area contributed by atoms with E-state index in [-0.39, 0.29) is 11.1 Å². The van der Waals surface area contributed by atoms with Gasteiger partial charge in [0.15, 0.2) is 0 Å². The Morgan fingerprint density at radius 3 is 2.06 bits per heavy atom. The first-order chi connectivity index (χ1) is 8.43. The minimum atomic E-state index is -0.617. The first kappa shape index (κ1) is 16.0. The molecule has 0 aliphatic heterocycles. The van der Waals surface area contributed by atoms with Crippen LogP contribution in [0.2, 0.25) is 0 Å². The first-order valence-electron chi connectivity index (χ1n) is 4.68. The van der Waals surface area contributed by atoms with Crippen molar-refractivity contribution in [1.82, 2.24) is 0 Å². The summed E-state index contributed by atoms with van der Waals surface area (Å²) in [6.45, 7) is 0. The van der Waals surface area contributed by atoms with Gasteiger partial charge in [-0.3, -0.25) is 9.59 Å². The zero-order chi connectivity index (χ0) is 13.7. The van der Waals surface area contributed by atoms with Crippen LogP contribution in [-0.2, 0) is 5.75 Å². The van der Waals surface area contributed by atoms with Gasteiger partial charge in [-0.2, -0.15) is 0 Å². The predicted octanol–water partition coefficient (Wildman–Crippen LogP) is 4.33. The van der Waals surface area contributed by atoms with Gasteiger partial charge in [-0.05, 0) is 53.2 Å². The van der Waals surface area contributed by atoms with Crippen LogP contribution in [0.4, 0.5) is 0 Å². The van der Waals surface area contributed by atoms with Crippen LogP contribution in [0.3, 0.4) is 0 Å². The monoisotopic (exact) mass is 338 g/mol. The lowest BCUT2D eigenvalue weighted by Crippen LogP contribution is -1.98. The third kappa shape index (κ3) is 4.90. The average Bonchev–Trinajstić information content (AvgIpc) is 2.35. The van der Waals surface area contributed by atoms with Gasteiger partial charge in [0.1, 0.15) is 3.53 Å². The molecule has 2 nitrogen and oxygen atoms in total. The normalized spacial score (nSPS) is 10.2. The maximum absolute atomic E-state index is 11.1. The summed E-state index contributed by atoms with van der Waals surface area (Å²) in [5.74, 6) is 0.564. The third-order valence-electron chi connectivity index (χ3n) is 1.97. The molecular weight excluding hydrogens is 331 g/mol. The Labute approximate surface area is 129 Å². The molecule has 0 aromatic heterocycles. The van der Waals surface area contributed by atoms with E-state index in [2.05, 4.69) is 0 Å². The van der Waals surface area contributed by atoms with Gasteiger partial charge in [-0.25, -0.2) is 0 Å². The molecular formula is C11H8Cl2O2S3. The summed E-state index contributed by atoms with van der Waals surface area (Å²) in [5, 5.41) is -1.23. The molecule has 18 heavy (non-hydrogen) atoms. The first-order valence-corrected chi connectivity index (χ1v) is 8.06. The second-order valence-electron chi connectivity index (χ2n) is 3.21. The van der Waals surface area contributed by atoms with E-state index < -0.39 is 10.5 Å². The van der Waals surface area contributed by atoms with E-state index in [0.717, 1.165) is 9.09 Å². The molecule has 1 aromatic carbocycles. The number of hydrogen-bond donors (Lipinski definition) is 0. The van der Waals surface area contributed by atoms with Gasteiger partial charge in [0.25, 0.3) is 10.5 Å².